The van der Waals surface area contributed by atoms with Gasteiger partial charge in [-0.15, -0.1) is 0 Å². The lowest BCUT2D eigenvalue weighted by atomic mass is 9.98. The number of nitrogens with one attached hydrogen (secondary N) is 1. The third-order valence-corrected chi connectivity index (χ3v) is 3.83. The van der Waals surface area contributed by atoms with Crippen molar-refractivity contribution >= 4 is 17.5 Å². The van der Waals surface area contributed by atoms with Crippen LogP contribution < -0.4 is 10.1 Å². The number of rotatable bonds is 3. The Kier molecular flexibility index (Phi) is 4.83. The fraction of sp³-hybridized carbons (Fsp3) is 0.500. The Labute approximate surface area is 125 Å². The zero-order chi connectivity index (χ0) is 15.4. The molecule has 1 aromatic carbocycles. The molecule has 0 aromatic heterocycles. The highest BCUT2D eigenvalue weighted by molar-refractivity contribution is 5.98. The number of benzene rings is 1. The van der Waals surface area contributed by atoms with E-state index >= 15 is 0 Å². The molecule has 2 rings (SSSR count). The topological polar surface area (TPSA) is 58.6 Å². The van der Waals surface area contributed by atoms with Crippen molar-refractivity contribution in [3.8, 4) is 5.75 Å². The summed E-state index contributed by atoms with van der Waals surface area (Å²) in [5.74, 6) is 1.05. The molecule has 0 spiro atoms. The summed E-state index contributed by atoms with van der Waals surface area (Å²) in [4.78, 5) is 25.6. The van der Waals surface area contributed by atoms with Crippen LogP contribution in [-0.2, 0) is 4.79 Å². The van der Waals surface area contributed by atoms with Crippen molar-refractivity contribution < 1.29 is 14.3 Å². The molecule has 1 fully saturated rings. The van der Waals surface area contributed by atoms with E-state index in [1.807, 2.05) is 4.90 Å². The summed E-state index contributed by atoms with van der Waals surface area (Å²) < 4.78 is 5.20. The van der Waals surface area contributed by atoms with Crippen LogP contribution in [0.4, 0.5) is 5.69 Å². The van der Waals surface area contributed by atoms with E-state index in [4.69, 9.17) is 4.74 Å². The zero-order valence-electron chi connectivity index (χ0n) is 12.8. The number of ether oxygens (including phenoxy) is 1. The Balaban J connectivity index is 2.19. The molecule has 0 bridgehead atoms. The molecule has 0 saturated carbocycles. The number of methoxy groups -OCH3 is 1. The van der Waals surface area contributed by atoms with Crippen molar-refractivity contribution in [2.24, 2.45) is 5.92 Å². The number of piperidine rings is 1. The van der Waals surface area contributed by atoms with Gasteiger partial charge in [-0.2, -0.15) is 0 Å². The van der Waals surface area contributed by atoms with Crippen LogP contribution in [0, 0.1) is 5.92 Å². The van der Waals surface area contributed by atoms with Gasteiger partial charge < -0.3 is 15.0 Å². The molecule has 1 aliphatic rings. The van der Waals surface area contributed by atoms with E-state index in [0.717, 1.165) is 25.9 Å². The number of hydrogen-bond acceptors (Lipinski definition) is 3. The summed E-state index contributed by atoms with van der Waals surface area (Å²) in [6.07, 6.45) is 2.08. The first-order valence-electron chi connectivity index (χ1n) is 7.26. The predicted molar refractivity (Wildman–Crippen MR) is 81.6 cm³/mol. The van der Waals surface area contributed by atoms with Crippen LogP contribution in [-0.4, -0.2) is 36.9 Å². The number of carbonyl (C=O) groups is 2. The average Bonchev–Trinajstić information content (AvgIpc) is 2.46. The maximum Gasteiger partial charge on any atom is 0.253 e. The van der Waals surface area contributed by atoms with Crippen molar-refractivity contribution in [1.29, 1.82) is 0 Å². The smallest absolute Gasteiger partial charge is 0.253 e. The second-order valence-electron chi connectivity index (χ2n) is 5.57. The largest absolute Gasteiger partial charge is 0.495 e. The van der Waals surface area contributed by atoms with Crippen LogP contribution in [0.3, 0.4) is 0 Å². The second-order valence-corrected chi connectivity index (χ2v) is 5.57. The summed E-state index contributed by atoms with van der Waals surface area (Å²) in [6.45, 7) is 5.23. The van der Waals surface area contributed by atoms with Gasteiger partial charge in [-0.25, -0.2) is 0 Å². The minimum Gasteiger partial charge on any atom is -0.495 e. The molecule has 5 nitrogen and oxygen atoms in total. The Morgan fingerprint density at radius 2 is 1.95 bits per heavy atom. The first kappa shape index (κ1) is 15.4. The molecule has 1 saturated heterocycles. The maximum atomic E-state index is 12.5. The van der Waals surface area contributed by atoms with Crippen molar-refractivity contribution in [1.82, 2.24) is 4.90 Å². The molecule has 114 valence electrons. The number of likely N-dealkylation sites (tertiary alicyclic amines) is 1. The number of amides is 2. The molecule has 0 radical (unpaired) electrons. The van der Waals surface area contributed by atoms with Crippen molar-refractivity contribution in [2.45, 2.75) is 26.7 Å². The van der Waals surface area contributed by atoms with E-state index in [1.165, 1.54) is 14.0 Å². The third kappa shape index (κ3) is 3.74. The van der Waals surface area contributed by atoms with E-state index in [0.29, 0.717) is 22.9 Å². The van der Waals surface area contributed by atoms with Gasteiger partial charge in [0.25, 0.3) is 5.91 Å². The second kappa shape index (κ2) is 6.61. The van der Waals surface area contributed by atoms with E-state index in [2.05, 4.69) is 12.2 Å². The molecule has 0 atom stereocenters. The Bertz CT molecular complexity index is 534. The van der Waals surface area contributed by atoms with Gasteiger partial charge in [-0.05, 0) is 37.0 Å². The monoisotopic (exact) mass is 290 g/mol. The summed E-state index contributed by atoms with van der Waals surface area (Å²) in [6, 6.07) is 5.14. The normalized spacial score (nSPS) is 15.7. The number of anilines is 1. The molecular formula is C16H22N2O3. The molecule has 1 heterocycles. The molecule has 1 aliphatic heterocycles. The highest BCUT2D eigenvalue weighted by Gasteiger charge is 2.22. The van der Waals surface area contributed by atoms with Gasteiger partial charge >= 0.3 is 0 Å². The summed E-state index contributed by atoms with van der Waals surface area (Å²) >= 11 is 0. The predicted octanol–water partition coefficient (Wildman–Crippen LogP) is 2.53. The first-order valence-corrected chi connectivity index (χ1v) is 7.26. The van der Waals surface area contributed by atoms with Gasteiger partial charge in [-0.3, -0.25) is 9.59 Å². The highest BCUT2D eigenvalue weighted by atomic mass is 16.5. The fourth-order valence-electron chi connectivity index (χ4n) is 2.52. The fourth-order valence-corrected chi connectivity index (χ4v) is 2.52. The first-order chi connectivity index (χ1) is 10.0. The van der Waals surface area contributed by atoms with Gasteiger partial charge in [0.2, 0.25) is 5.91 Å². The Morgan fingerprint density at radius 3 is 2.52 bits per heavy atom. The molecule has 1 aromatic rings. The van der Waals surface area contributed by atoms with E-state index in [9.17, 15) is 9.59 Å². The van der Waals surface area contributed by atoms with Gasteiger partial charge in [0.15, 0.2) is 0 Å². The van der Waals surface area contributed by atoms with Gasteiger partial charge in [0.1, 0.15) is 5.75 Å². The zero-order valence-corrected chi connectivity index (χ0v) is 12.8. The summed E-state index contributed by atoms with van der Waals surface area (Å²) in [5, 5.41) is 2.69. The van der Waals surface area contributed by atoms with E-state index in [-0.39, 0.29) is 11.8 Å². The van der Waals surface area contributed by atoms with Crippen molar-refractivity contribution in [2.75, 3.05) is 25.5 Å². The Morgan fingerprint density at radius 1 is 1.29 bits per heavy atom. The lowest BCUT2D eigenvalue weighted by Crippen LogP contribution is -2.37. The average molecular weight is 290 g/mol. The van der Waals surface area contributed by atoms with Crippen LogP contribution in [0.15, 0.2) is 18.2 Å². The number of nitrogens with zero attached hydrogens (tertiary/aromatic N) is 1. The van der Waals surface area contributed by atoms with Crippen LogP contribution in [0.5, 0.6) is 5.75 Å². The molecule has 2 amide bonds. The number of hydrogen-bond donors (Lipinski definition) is 1. The van der Waals surface area contributed by atoms with E-state index < -0.39 is 0 Å². The highest BCUT2D eigenvalue weighted by Crippen LogP contribution is 2.27. The van der Waals surface area contributed by atoms with E-state index in [1.54, 1.807) is 18.2 Å². The molecule has 0 unspecified atom stereocenters. The quantitative estimate of drug-likeness (QED) is 0.930. The van der Waals surface area contributed by atoms with Gasteiger partial charge in [0.05, 0.1) is 12.8 Å². The SMILES string of the molecule is COc1ccc(C(=O)N2CCC(C)CC2)cc1NC(C)=O. The molecular weight excluding hydrogens is 268 g/mol. The molecule has 1 N–H and O–H groups in total. The molecule has 5 heteroatoms. The minimum absolute atomic E-state index is 0.0103. The summed E-state index contributed by atoms with van der Waals surface area (Å²) in [7, 11) is 1.54. The lowest BCUT2D eigenvalue weighted by Gasteiger charge is -2.30. The van der Waals surface area contributed by atoms with Gasteiger partial charge in [-0.1, -0.05) is 6.92 Å². The van der Waals surface area contributed by atoms with Crippen molar-refractivity contribution in [3.05, 3.63) is 23.8 Å². The van der Waals surface area contributed by atoms with Gasteiger partial charge in [0, 0.05) is 25.6 Å². The van der Waals surface area contributed by atoms with Crippen LogP contribution in [0.2, 0.25) is 0 Å². The summed E-state index contributed by atoms with van der Waals surface area (Å²) in [5.41, 5.74) is 1.11. The molecule has 21 heavy (non-hydrogen) atoms. The molecule has 0 aliphatic carbocycles. The third-order valence-electron chi connectivity index (χ3n) is 3.83. The Hall–Kier alpha value is -2.04. The van der Waals surface area contributed by atoms with Crippen LogP contribution in [0.1, 0.15) is 37.0 Å². The standard InChI is InChI=1S/C16H22N2O3/c1-11-6-8-18(9-7-11)16(20)13-4-5-15(21-3)14(10-13)17-12(2)19/h4-5,10-11H,6-9H2,1-3H3,(H,17,19). The van der Waals surface area contributed by atoms with Crippen molar-refractivity contribution in [3.63, 3.8) is 0 Å². The van der Waals surface area contributed by atoms with Crippen LogP contribution in [0.25, 0.3) is 0 Å². The minimum atomic E-state index is -0.190. The van der Waals surface area contributed by atoms with Crippen LogP contribution >= 0.6 is 0 Å². The maximum absolute atomic E-state index is 12.5. The lowest BCUT2D eigenvalue weighted by molar-refractivity contribution is -0.114. The number of carbonyl (C=O) groups excluding carboxylic acids is 2.